The third-order valence-electron chi connectivity index (χ3n) is 0.624. The van der Waals surface area contributed by atoms with Gasteiger partial charge in [0.05, 0.1) is 0 Å². The Morgan fingerprint density at radius 2 is 1.50 bits per heavy atom. The summed E-state index contributed by atoms with van der Waals surface area (Å²) in [5.41, 5.74) is 2.38. The molecule has 0 aliphatic heterocycles. The second-order valence-electron chi connectivity index (χ2n) is 2.46. The van der Waals surface area contributed by atoms with Gasteiger partial charge in [0.25, 0.3) is 0 Å². The minimum absolute atomic E-state index is 0.847. The molecule has 0 rings (SSSR count). The molecule has 0 aromatic carbocycles. The number of halogens is 1. The van der Waals surface area contributed by atoms with Gasteiger partial charge in [0.1, 0.15) is 0 Å². The number of rotatable bonds is 4. The van der Waals surface area contributed by atoms with E-state index in [1.54, 1.807) is 0 Å². The molecule has 0 aromatic rings. The van der Waals surface area contributed by atoms with Gasteiger partial charge in [-0.25, -0.2) is 0 Å². The third-order valence-corrected chi connectivity index (χ3v) is 4.69. The molecule has 0 aliphatic rings. The Balaban J connectivity index is 3.53. The number of allylic oxidation sites excluding steroid dienone is 2. The molecular weight excluding hydrogens is 238 g/mol. The number of hydrogen-bond donors (Lipinski definition) is 0. The van der Waals surface area contributed by atoms with E-state index in [1.165, 1.54) is 11.1 Å². The van der Waals surface area contributed by atoms with Crippen LogP contribution in [0.2, 0.25) is 9.79 Å². The third kappa shape index (κ3) is 6.55. The summed E-state index contributed by atoms with van der Waals surface area (Å²) in [6, 6.07) is 0. The molecule has 0 amide bonds. The molecule has 0 aromatic heterocycles. The average molecular weight is 252 g/mol. The van der Waals surface area contributed by atoms with Gasteiger partial charge in [-0.2, -0.15) is 0 Å². The van der Waals surface area contributed by atoms with E-state index in [4.69, 9.17) is 9.53 Å². The van der Waals surface area contributed by atoms with E-state index in [-0.39, 0.29) is 0 Å². The zero-order valence-corrected chi connectivity index (χ0v) is 8.83. The second-order valence-corrected chi connectivity index (χ2v) is 7.17. The summed E-state index contributed by atoms with van der Waals surface area (Å²) in [4.78, 5) is 2.03. The van der Waals surface area contributed by atoms with Crippen molar-refractivity contribution in [3.63, 3.8) is 0 Å². The van der Waals surface area contributed by atoms with E-state index in [0.29, 0.717) is 0 Å². The Hall–Kier alpha value is 0.432. The van der Waals surface area contributed by atoms with Crippen molar-refractivity contribution in [1.82, 2.24) is 0 Å². The van der Waals surface area contributed by atoms with Gasteiger partial charge in [-0.3, -0.25) is 0 Å². The fourth-order valence-electron chi connectivity index (χ4n) is 0.454. The van der Waals surface area contributed by atoms with Crippen molar-refractivity contribution in [2.45, 2.75) is 23.6 Å². The number of hydrogen-bond acceptors (Lipinski definition) is 0. The molecule has 0 bridgehead atoms. The summed E-state index contributed by atoms with van der Waals surface area (Å²) in [5, 5.41) is 0. The molecule has 0 saturated carbocycles. The van der Waals surface area contributed by atoms with E-state index < -0.39 is 15.7 Å². The Morgan fingerprint density at radius 3 is 1.70 bits per heavy atom. The van der Waals surface area contributed by atoms with Gasteiger partial charge in [0.2, 0.25) is 0 Å². The Kier molecular flexibility index (Phi) is 5.35. The van der Waals surface area contributed by atoms with E-state index in [0.717, 1.165) is 9.79 Å². The average Bonchev–Trinajstić information content (AvgIpc) is 1.58. The standard InChI is InChI=1S/2C4H7.ClH.Pd/c2*1-4(2)3;;/h2*1-2H2,3H3;1H;/q;;;+1/p-1. The van der Waals surface area contributed by atoms with Crippen molar-refractivity contribution in [3.05, 3.63) is 24.3 Å². The monoisotopic (exact) mass is 251 g/mol. The molecule has 2 heteroatoms. The topological polar surface area (TPSA) is 0 Å². The van der Waals surface area contributed by atoms with Crippen LogP contribution in [0.4, 0.5) is 0 Å². The summed E-state index contributed by atoms with van der Waals surface area (Å²) in [6.07, 6.45) is 0. The van der Waals surface area contributed by atoms with Crippen LogP contribution in [0.3, 0.4) is 0 Å². The molecule has 63 valence electrons. The molecular formula is C8H14ClPd. The van der Waals surface area contributed by atoms with Gasteiger partial charge in [0, 0.05) is 0 Å². The van der Waals surface area contributed by atoms with Crippen LogP contribution in [0, 0.1) is 0 Å². The summed E-state index contributed by atoms with van der Waals surface area (Å²) in [5.74, 6) is 0. The van der Waals surface area contributed by atoms with Crippen molar-refractivity contribution < 1.29 is 15.7 Å². The maximum absolute atomic E-state index is 6.07. The molecule has 0 radical (unpaired) electrons. The summed E-state index contributed by atoms with van der Waals surface area (Å²) < 4.78 is 0. The Morgan fingerprint density at radius 1 is 1.20 bits per heavy atom. The second kappa shape index (κ2) is 5.13. The van der Waals surface area contributed by atoms with Gasteiger partial charge in [-0.1, -0.05) is 0 Å². The SMILES string of the molecule is C=C(C)[CH2][Pd]([Cl])[CH2]C(=C)C. The zero-order chi connectivity index (χ0) is 8.15. The summed E-state index contributed by atoms with van der Waals surface area (Å²) >= 11 is -0.847. The van der Waals surface area contributed by atoms with Crippen LogP contribution in [-0.2, 0) is 15.7 Å². The van der Waals surface area contributed by atoms with Crippen LogP contribution in [0.1, 0.15) is 13.8 Å². The first-order valence-electron chi connectivity index (χ1n) is 2.98. The Labute approximate surface area is 73.2 Å². The van der Waals surface area contributed by atoms with Crippen LogP contribution in [0.5, 0.6) is 0 Å². The van der Waals surface area contributed by atoms with Crippen molar-refractivity contribution in [2.24, 2.45) is 0 Å². The normalized spacial score (nSPS) is 10.9. The van der Waals surface area contributed by atoms with E-state index in [1.807, 2.05) is 13.8 Å². The predicted octanol–water partition coefficient (Wildman–Crippen LogP) is 3.75. The van der Waals surface area contributed by atoms with Gasteiger partial charge in [-0.15, -0.1) is 0 Å². The van der Waals surface area contributed by atoms with Gasteiger partial charge in [-0.05, 0) is 0 Å². The summed E-state index contributed by atoms with van der Waals surface area (Å²) in [6.45, 7) is 11.7. The fraction of sp³-hybridized carbons (Fsp3) is 0.500. The van der Waals surface area contributed by atoms with Crippen LogP contribution in [0.15, 0.2) is 24.3 Å². The van der Waals surface area contributed by atoms with Crippen LogP contribution in [0.25, 0.3) is 0 Å². The van der Waals surface area contributed by atoms with Crippen LogP contribution < -0.4 is 0 Å². The molecule has 0 aliphatic carbocycles. The van der Waals surface area contributed by atoms with Crippen molar-refractivity contribution in [3.8, 4) is 0 Å². The van der Waals surface area contributed by atoms with E-state index in [2.05, 4.69) is 13.2 Å². The van der Waals surface area contributed by atoms with E-state index >= 15 is 0 Å². The van der Waals surface area contributed by atoms with Crippen molar-refractivity contribution in [2.75, 3.05) is 0 Å². The molecule has 0 nitrogen and oxygen atoms in total. The van der Waals surface area contributed by atoms with Crippen molar-refractivity contribution in [1.29, 1.82) is 0 Å². The zero-order valence-electron chi connectivity index (χ0n) is 6.52. The predicted molar refractivity (Wildman–Crippen MR) is 45.1 cm³/mol. The first-order chi connectivity index (χ1) is 4.52. The molecule has 0 unspecified atom stereocenters. The van der Waals surface area contributed by atoms with Crippen LogP contribution in [-0.4, -0.2) is 0 Å². The first kappa shape index (κ1) is 10.4. The quantitative estimate of drug-likeness (QED) is 0.528. The van der Waals surface area contributed by atoms with Gasteiger partial charge in [0.15, 0.2) is 0 Å². The van der Waals surface area contributed by atoms with Gasteiger partial charge >= 0.3 is 73.2 Å². The van der Waals surface area contributed by atoms with E-state index in [9.17, 15) is 0 Å². The molecule has 0 N–H and O–H groups in total. The first-order valence-corrected chi connectivity index (χ1v) is 7.18. The molecule has 10 heavy (non-hydrogen) atoms. The van der Waals surface area contributed by atoms with Gasteiger partial charge < -0.3 is 0 Å². The fourth-order valence-corrected chi connectivity index (χ4v) is 4.39. The van der Waals surface area contributed by atoms with Crippen molar-refractivity contribution >= 4 is 9.53 Å². The molecule has 0 heterocycles. The Bertz CT molecular complexity index is 124. The molecule has 0 atom stereocenters. The van der Waals surface area contributed by atoms with Crippen LogP contribution >= 0.6 is 9.53 Å². The maximum atomic E-state index is 6.07. The molecule has 0 saturated heterocycles. The molecule has 0 fully saturated rings. The molecule has 0 spiro atoms. The minimum atomic E-state index is -0.847. The summed E-state index contributed by atoms with van der Waals surface area (Å²) in [7, 11) is 6.07.